The van der Waals surface area contributed by atoms with Gasteiger partial charge >= 0.3 is 6.36 Å². The van der Waals surface area contributed by atoms with Gasteiger partial charge in [0.2, 0.25) is 0 Å². The lowest BCUT2D eigenvalue weighted by atomic mass is 10.2. The van der Waals surface area contributed by atoms with Gasteiger partial charge in [0, 0.05) is 12.7 Å². The van der Waals surface area contributed by atoms with Crippen LogP contribution in [0.3, 0.4) is 0 Å². The summed E-state index contributed by atoms with van der Waals surface area (Å²) < 4.78 is 41.8. The third kappa shape index (κ3) is 5.27. The predicted molar refractivity (Wildman–Crippen MR) is 86.4 cm³/mol. The molecule has 1 aromatic heterocycles. The molecule has 3 N–H and O–H groups in total. The molecule has 0 aliphatic heterocycles. The Morgan fingerprint density at radius 1 is 1.33 bits per heavy atom. The molecular formula is C14H12BrClF3N3O2. The average Bonchev–Trinajstić information content (AvgIpc) is 2.40. The van der Waals surface area contributed by atoms with Crippen LogP contribution in [0, 0.1) is 5.41 Å². The van der Waals surface area contributed by atoms with E-state index < -0.39 is 12.3 Å². The number of carbonyl (C=O) groups is 1. The zero-order chi connectivity index (χ0) is 17.2. The first-order chi connectivity index (χ1) is 10.7. The molecule has 2 aromatic rings. The molecule has 10 heteroatoms. The van der Waals surface area contributed by atoms with Gasteiger partial charge in [-0.15, -0.1) is 30.2 Å². The maximum Gasteiger partial charge on any atom is 0.573 e. The predicted octanol–water partition coefficient (Wildman–Crippen LogP) is 3.24. The number of nitrogens with two attached hydrogens (primary N) is 1. The first kappa shape index (κ1) is 20.0. The van der Waals surface area contributed by atoms with Crippen molar-refractivity contribution in [3.63, 3.8) is 0 Å². The van der Waals surface area contributed by atoms with Gasteiger partial charge < -0.3 is 15.0 Å². The number of hydrogen-bond acceptors (Lipinski definition) is 3. The first-order valence-corrected chi connectivity index (χ1v) is 6.62. The Balaban J connectivity index is 0.00000288. The Morgan fingerprint density at radius 2 is 2.00 bits per heavy atom. The summed E-state index contributed by atoms with van der Waals surface area (Å²) >= 11 is 5.87. The SMILES string of the molecule is Br.N=c1c(C(N)=O)cc(Cl)cn1Cc1cccc(OC(F)(F)F)c1. The summed E-state index contributed by atoms with van der Waals surface area (Å²) in [5, 5.41) is 8.09. The van der Waals surface area contributed by atoms with Gasteiger partial charge in [-0.05, 0) is 23.8 Å². The number of primary amides is 1. The van der Waals surface area contributed by atoms with E-state index in [1.54, 1.807) is 6.07 Å². The van der Waals surface area contributed by atoms with E-state index in [9.17, 15) is 18.0 Å². The first-order valence-electron chi connectivity index (χ1n) is 6.25. The van der Waals surface area contributed by atoms with E-state index in [1.165, 1.54) is 29.0 Å². The molecule has 2 rings (SSSR count). The van der Waals surface area contributed by atoms with Gasteiger partial charge in [-0.3, -0.25) is 10.2 Å². The highest BCUT2D eigenvalue weighted by Gasteiger charge is 2.31. The van der Waals surface area contributed by atoms with Crippen molar-refractivity contribution in [3.05, 3.63) is 58.2 Å². The largest absolute Gasteiger partial charge is 0.573 e. The number of halogens is 5. The number of rotatable bonds is 4. The molecule has 130 valence electrons. The number of pyridine rings is 1. The Kier molecular flexibility index (Phi) is 6.44. The lowest BCUT2D eigenvalue weighted by Crippen LogP contribution is -2.29. The Morgan fingerprint density at radius 3 is 2.58 bits per heavy atom. The minimum atomic E-state index is -4.79. The standard InChI is InChI=1S/C14H11ClF3N3O2.BrH/c15-9-5-11(13(20)22)12(19)21(7-9)6-8-2-1-3-10(4-8)23-14(16,17)18;/h1-5,7,19H,6H2,(H2,20,22);1H. The fourth-order valence-corrected chi connectivity index (χ4v) is 2.19. The van der Waals surface area contributed by atoms with Crippen molar-refractivity contribution >= 4 is 34.5 Å². The number of carbonyl (C=O) groups excluding carboxylic acids is 1. The van der Waals surface area contributed by atoms with Crippen molar-refractivity contribution in [1.82, 2.24) is 4.57 Å². The van der Waals surface area contributed by atoms with Crippen LogP contribution in [-0.2, 0) is 6.54 Å². The third-order valence-electron chi connectivity index (χ3n) is 2.85. The number of benzene rings is 1. The summed E-state index contributed by atoms with van der Waals surface area (Å²) in [6, 6.07) is 6.55. The van der Waals surface area contributed by atoms with Crippen LogP contribution in [-0.4, -0.2) is 16.8 Å². The van der Waals surface area contributed by atoms with Crippen molar-refractivity contribution in [2.24, 2.45) is 5.73 Å². The van der Waals surface area contributed by atoms with Crippen molar-refractivity contribution in [1.29, 1.82) is 5.41 Å². The second-order valence-electron chi connectivity index (χ2n) is 4.61. The van der Waals surface area contributed by atoms with E-state index in [4.69, 9.17) is 22.7 Å². The van der Waals surface area contributed by atoms with Crippen molar-refractivity contribution in [2.75, 3.05) is 0 Å². The van der Waals surface area contributed by atoms with Crippen molar-refractivity contribution in [3.8, 4) is 5.75 Å². The lowest BCUT2D eigenvalue weighted by Gasteiger charge is -2.12. The fraction of sp³-hybridized carbons (Fsp3) is 0.143. The monoisotopic (exact) mass is 425 g/mol. The topological polar surface area (TPSA) is 81.1 Å². The fourth-order valence-electron chi connectivity index (χ4n) is 1.96. The zero-order valence-corrected chi connectivity index (χ0v) is 14.4. The molecule has 1 amide bonds. The van der Waals surface area contributed by atoms with Crippen LogP contribution in [0.1, 0.15) is 15.9 Å². The lowest BCUT2D eigenvalue weighted by molar-refractivity contribution is -0.274. The number of nitrogens with one attached hydrogen (secondary N) is 1. The van der Waals surface area contributed by atoms with E-state index in [1.807, 2.05) is 0 Å². The minimum Gasteiger partial charge on any atom is -0.406 e. The van der Waals surface area contributed by atoms with Crippen LogP contribution in [0.5, 0.6) is 5.75 Å². The number of alkyl halides is 3. The molecule has 1 heterocycles. The molecule has 0 unspecified atom stereocenters. The van der Waals surface area contributed by atoms with Crippen molar-refractivity contribution in [2.45, 2.75) is 12.9 Å². The van der Waals surface area contributed by atoms with Gasteiger partial charge in [-0.25, -0.2) is 0 Å². The van der Waals surface area contributed by atoms with E-state index in [0.29, 0.717) is 5.56 Å². The number of ether oxygens (including phenoxy) is 1. The van der Waals surface area contributed by atoms with E-state index in [-0.39, 0.29) is 45.3 Å². The van der Waals surface area contributed by atoms with Crippen LogP contribution < -0.4 is 16.0 Å². The highest BCUT2D eigenvalue weighted by molar-refractivity contribution is 8.93. The number of aromatic nitrogens is 1. The third-order valence-corrected chi connectivity index (χ3v) is 3.06. The van der Waals surface area contributed by atoms with Gasteiger partial charge in [-0.2, -0.15) is 0 Å². The number of amides is 1. The molecule has 1 aromatic carbocycles. The average molecular weight is 427 g/mol. The number of nitrogens with zero attached hydrogens (tertiary/aromatic N) is 1. The van der Waals surface area contributed by atoms with Crippen LogP contribution in [0.2, 0.25) is 5.02 Å². The molecule has 0 spiro atoms. The summed E-state index contributed by atoms with van der Waals surface area (Å²) in [6.45, 7) is 0.0226. The molecule has 0 bridgehead atoms. The number of hydrogen-bond donors (Lipinski definition) is 2. The van der Waals surface area contributed by atoms with Gasteiger partial charge in [-0.1, -0.05) is 23.7 Å². The zero-order valence-electron chi connectivity index (χ0n) is 11.9. The minimum absolute atomic E-state index is 0. The molecule has 0 atom stereocenters. The van der Waals surface area contributed by atoms with Gasteiger partial charge in [0.05, 0.1) is 10.6 Å². The molecule has 0 saturated heterocycles. The summed E-state index contributed by atoms with van der Waals surface area (Å²) in [7, 11) is 0. The molecule has 0 radical (unpaired) electrons. The normalized spacial score (nSPS) is 10.8. The van der Waals surface area contributed by atoms with E-state index >= 15 is 0 Å². The molecule has 0 aliphatic carbocycles. The quantitative estimate of drug-likeness (QED) is 0.787. The molecule has 0 saturated carbocycles. The Hall–Kier alpha value is -2.00. The highest BCUT2D eigenvalue weighted by atomic mass is 79.9. The van der Waals surface area contributed by atoms with E-state index in [0.717, 1.165) is 6.07 Å². The summed E-state index contributed by atoms with van der Waals surface area (Å²) in [4.78, 5) is 11.3. The van der Waals surface area contributed by atoms with Crippen molar-refractivity contribution < 1.29 is 22.7 Å². The van der Waals surface area contributed by atoms with E-state index in [2.05, 4.69) is 4.74 Å². The van der Waals surface area contributed by atoms with Crippen LogP contribution in [0.4, 0.5) is 13.2 Å². The Bertz CT molecular complexity index is 809. The van der Waals surface area contributed by atoms with Crippen LogP contribution in [0.15, 0.2) is 36.5 Å². The molecule has 5 nitrogen and oxygen atoms in total. The highest BCUT2D eigenvalue weighted by Crippen LogP contribution is 2.23. The summed E-state index contributed by atoms with van der Waals surface area (Å²) in [5.74, 6) is -1.19. The van der Waals surface area contributed by atoms with Crippen LogP contribution >= 0.6 is 28.6 Å². The second-order valence-corrected chi connectivity index (χ2v) is 5.04. The molecule has 24 heavy (non-hydrogen) atoms. The maximum absolute atomic E-state index is 12.2. The smallest absolute Gasteiger partial charge is 0.406 e. The Labute approximate surface area is 150 Å². The maximum atomic E-state index is 12.2. The van der Waals surface area contributed by atoms with Crippen LogP contribution in [0.25, 0.3) is 0 Å². The molecule has 0 fully saturated rings. The molecule has 0 aliphatic rings. The summed E-state index contributed by atoms with van der Waals surface area (Å²) in [5.41, 5.74) is 5.32. The summed E-state index contributed by atoms with van der Waals surface area (Å²) in [6.07, 6.45) is -3.41. The van der Waals surface area contributed by atoms with Gasteiger partial charge in [0.1, 0.15) is 11.2 Å². The van der Waals surface area contributed by atoms with Gasteiger partial charge in [0.25, 0.3) is 5.91 Å². The molecular weight excluding hydrogens is 415 g/mol. The second kappa shape index (κ2) is 7.71. The van der Waals surface area contributed by atoms with Gasteiger partial charge in [0.15, 0.2) is 0 Å².